The van der Waals surface area contributed by atoms with Gasteiger partial charge in [0, 0.05) is 0 Å². The van der Waals surface area contributed by atoms with E-state index in [1.165, 1.54) is 0 Å². The molecule has 0 bridgehead atoms. The second-order valence-corrected chi connectivity index (χ2v) is 1.61. The van der Waals surface area contributed by atoms with Crippen LogP contribution in [-0.2, 0) is 0 Å². The highest BCUT2D eigenvalue weighted by atomic mass is 16.7. The highest BCUT2D eigenvalue weighted by molar-refractivity contribution is 5.11. The molecule has 1 aromatic rings. The summed E-state index contributed by atoms with van der Waals surface area (Å²) < 4.78 is 0.415. The normalized spacial score (nSPS) is 8.46. The Bertz CT molecular complexity index is 279. The van der Waals surface area contributed by atoms with E-state index in [0.29, 0.717) is 4.68 Å². The topological polar surface area (TPSA) is 104 Å². The maximum absolute atomic E-state index is 9.94. The molecule has 0 aliphatic carbocycles. The van der Waals surface area contributed by atoms with Gasteiger partial charge in [-0.2, -0.15) is 0 Å². The van der Waals surface area contributed by atoms with Crippen LogP contribution in [-0.4, -0.2) is 19.6 Å². The van der Waals surface area contributed by atoms with Gasteiger partial charge < -0.3 is 10.1 Å². The molecule has 0 aromatic carbocycles. The quantitative estimate of drug-likeness (QED) is 0.505. The first-order chi connectivity index (χ1) is 6.11. The first-order valence-electron chi connectivity index (χ1n) is 3.44. The van der Waals surface area contributed by atoms with E-state index in [1.54, 1.807) is 0 Å². The van der Waals surface area contributed by atoms with Gasteiger partial charge in [0.25, 0.3) is 6.33 Å². The molecule has 0 amide bonds. The van der Waals surface area contributed by atoms with Gasteiger partial charge in [-0.15, -0.1) is 0 Å². The maximum Gasteiger partial charge on any atom is 0.388 e. The van der Waals surface area contributed by atoms with E-state index in [9.17, 15) is 20.2 Å². The Hall–Kier alpha value is -1.99. The third-order valence-electron chi connectivity index (χ3n) is 0.932. The van der Waals surface area contributed by atoms with Gasteiger partial charge >= 0.3 is 5.82 Å². The summed E-state index contributed by atoms with van der Waals surface area (Å²) in [5, 5.41) is 19.1. The Kier molecular flexibility index (Phi) is 4.07. The van der Waals surface area contributed by atoms with E-state index in [4.69, 9.17) is 0 Å². The third kappa shape index (κ3) is 2.85. The molecule has 72 valence electrons. The lowest BCUT2D eigenvalue weighted by Crippen LogP contribution is -2.04. The molecule has 0 spiro atoms. The Balaban J connectivity index is 0.000000671. The van der Waals surface area contributed by atoms with E-state index in [0.717, 1.165) is 12.5 Å². The zero-order valence-electron chi connectivity index (χ0n) is 7.08. The van der Waals surface area contributed by atoms with Crippen LogP contribution in [0.4, 0.5) is 5.82 Å². The van der Waals surface area contributed by atoms with E-state index in [-0.39, 0.29) is 0 Å². The standard InChI is InChI=1S/C3H2N4O4.C2H6/c8-6(9)3-1-5(2-4-3)7(10)11;1-2/h1-2H;1-2H3. The van der Waals surface area contributed by atoms with Gasteiger partial charge in [-0.05, 0) is 14.6 Å². The molecule has 0 unspecified atom stereocenters. The number of aromatic nitrogens is 2. The molecule has 0 saturated heterocycles. The van der Waals surface area contributed by atoms with Crippen LogP contribution < -0.4 is 0 Å². The highest BCUT2D eigenvalue weighted by Crippen LogP contribution is 2.04. The number of rotatable bonds is 2. The molecule has 13 heavy (non-hydrogen) atoms. The Morgan fingerprint density at radius 2 is 1.92 bits per heavy atom. The highest BCUT2D eigenvalue weighted by Gasteiger charge is 2.14. The van der Waals surface area contributed by atoms with Gasteiger partial charge in [-0.25, -0.2) is 10.1 Å². The molecule has 8 heteroatoms. The molecule has 1 heterocycles. The van der Waals surface area contributed by atoms with Gasteiger partial charge in [0.1, 0.15) is 0 Å². The molecule has 1 aromatic heterocycles. The van der Waals surface area contributed by atoms with Gasteiger partial charge in [-0.1, -0.05) is 13.8 Å². The second kappa shape index (κ2) is 4.80. The molecule has 8 nitrogen and oxygen atoms in total. The first-order valence-corrected chi connectivity index (χ1v) is 3.44. The fraction of sp³-hybridized carbons (Fsp3) is 0.400. The van der Waals surface area contributed by atoms with Crippen LogP contribution in [0.1, 0.15) is 13.8 Å². The largest absolute Gasteiger partial charge is 0.388 e. The minimum Gasteiger partial charge on any atom is -0.358 e. The van der Waals surface area contributed by atoms with E-state index in [1.807, 2.05) is 13.8 Å². The van der Waals surface area contributed by atoms with Crippen LogP contribution >= 0.6 is 0 Å². The Morgan fingerprint density at radius 1 is 1.38 bits per heavy atom. The van der Waals surface area contributed by atoms with E-state index < -0.39 is 15.8 Å². The van der Waals surface area contributed by atoms with Crippen LogP contribution in [0.5, 0.6) is 0 Å². The first kappa shape index (κ1) is 11.0. The molecule has 0 atom stereocenters. The van der Waals surface area contributed by atoms with Crippen molar-refractivity contribution >= 4 is 5.82 Å². The zero-order chi connectivity index (χ0) is 10.4. The molecule has 1 rings (SSSR count). The molecule has 0 radical (unpaired) electrons. The molecule has 0 aliphatic heterocycles. The Morgan fingerprint density at radius 3 is 2.15 bits per heavy atom. The minimum absolute atomic E-state index is 0.415. The van der Waals surface area contributed by atoms with Gasteiger partial charge in [0.15, 0.2) is 11.2 Å². The second-order valence-electron chi connectivity index (χ2n) is 1.61. The smallest absolute Gasteiger partial charge is 0.358 e. The van der Waals surface area contributed by atoms with Gasteiger partial charge in [-0.3, -0.25) is 0 Å². The average Bonchev–Trinajstić information content (AvgIpc) is 2.56. The molecular weight excluding hydrogens is 180 g/mol. The van der Waals surface area contributed by atoms with Crippen LogP contribution in [0.25, 0.3) is 0 Å². The summed E-state index contributed by atoms with van der Waals surface area (Å²) in [6.07, 6.45) is 1.48. The number of nitrogens with zero attached hydrogens (tertiary/aromatic N) is 4. The predicted octanol–water partition coefficient (Wildman–Crippen LogP) is 0.857. The Labute approximate surface area is 73.1 Å². The maximum atomic E-state index is 9.94. The molecule has 0 aliphatic rings. The monoisotopic (exact) mass is 188 g/mol. The summed E-state index contributed by atoms with van der Waals surface area (Å²) in [6, 6.07) is 0. The molecular formula is C5H8N4O4. The van der Waals surface area contributed by atoms with E-state index in [2.05, 4.69) is 4.98 Å². The summed E-state index contributed by atoms with van der Waals surface area (Å²) in [6.45, 7) is 4.00. The minimum atomic E-state index is -0.819. The lowest BCUT2D eigenvalue weighted by atomic mass is 10.8. The van der Waals surface area contributed by atoms with Crippen molar-refractivity contribution < 1.29 is 9.96 Å². The van der Waals surface area contributed by atoms with Crippen molar-refractivity contribution in [2.24, 2.45) is 0 Å². The summed E-state index contributed by atoms with van der Waals surface area (Å²) in [5.41, 5.74) is 0. The van der Waals surface area contributed by atoms with Crippen LogP contribution in [0, 0.1) is 20.2 Å². The summed E-state index contributed by atoms with van der Waals surface area (Å²) in [5.74, 6) is -0.540. The van der Waals surface area contributed by atoms with E-state index >= 15 is 0 Å². The van der Waals surface area contributed by atoms with Gasteiger partial charge in [0.05, 0.1) is 0 Å². The van der Waals surface area contributed by atoms with Gasteiger partial charge in [0.2, 0.25) is 0 Å². The lowest BCUT2D eigenvalue weighted by molar-refractivity contribution is -0.542. The van der Waals surface area contributed by atoms with Crippen molar-refractivity contribution in [3.63, 3.8) is 0 Å². The van der Waals surface area contributed by atoms with Crippen LogP contribution in [0.3, 0.4) is 0 Å². The summed E-state index contributed by atoms with van der Waals surface area (Å²) in [4.78, 5) is 22.2. The van der Waals surface area contributed by atoms with Crippen molar-refractivity contribution in [3.8, 4) is 0 Å². The number of hydrogen-bond donors (Lipinski definition) is 0. The summed E-state index contributed by atoms with van der Waals surface area (Å²) in [7, 11) is 0. The number of nitro groups is 2. The van der Waals surface area contributed by atoms with Crippen molar-refractivity contribution in [2.75, 3.05) is 0 Å². The summed E-state index contributed by atoms with van der Waals surface area (Å²) >= 11 is 0. The third-order valence-corrected chi connectivity index (χ3v) is 0.932. The van der Waals surface area contributed by atoms with Crippen molar-refractivity contribution in [1.29, 1.82) is 0 Å². The van der Waals surface area contributed by atoms with Crippen molar-refractivity contribution in [3.05, 3.63) is 32.8 Å². The fourth-order valence-electron chi connectivity index (χ4n) is 0.487. The zero-order valence-corrected chi connectivity index (χ0v) is 7.08. The van der Waals surface area contributed by atoms with Crippen molar-refractivity contribution in [1.82, 2.24) is 9.66 Å². The number of hydrogen-bond acceptors (Lipinski definition) is 5. The number of imidazole rings is 1. The van der Waals surface area contributed by atoms with Crippen molar-refractivity contribution in [2.45, 2.75) is 13.8 Å². The lowest BCUT2D eigenvalue weighted by Gasteiger charge is -1.83. The average molecular weight is 188 g/mol. The molecule has 0 N–H and O–H groups in total. The fourth-order valence-corrected chi connectivity index (χ4v) is 0.487. The predicted molar refractivity (Wildman–Crippen MR) is 42.6 cm³/mol. The SMILES string of the molecule is CC.O=[N+]([O-])c1cn([N+](=O)[O-])cn1. The van der Waals surface area contributed by atoms with Crippen LogP contribution in [0.15, 0.2) is 12.5 Å². The molecule has 0 saturated carbocycles. The molecule has 0 fully saturated rings. The van der Waals surface area contributed by atoms with Crippen LogP contribution in [0.2, 0.25) is 0 Å².